The molecule has 8 heteroatoms. The highest BCUT2D eigenvalue weighted by atomic mass is 79.9. The first kappa shape index (κ1) is 13.0. The minimum absolute atomic E-state index is 0.0349. The first-order chi connectivity index (χ1) is 8.58. The number of aromatic nitrogens is 4. The van der Waals surface area contributed by atoms with E-state index >= 15 is 0 Å². The van der Waals surface area contributed by atoms with E-state index in [0.717, 1.165) is 10.0 Å². The number of rotatable bonds is 4. The van der Waals surface area contributed by atoms with Gasteiger partial charge in [0, 0.05) is 10.0 Å². The Labute approximate surface area is 116 Å². The SMILES string of the molecule is O=C(O)CCn1nnnc1-c1ccc(Cl)c(Br)c1. The van der Waals surface area contributed by atoms with Crippen LogP contribution < -0.4 is 0 Å². The zero-order valence-electron chi connectivity index (χ0n) is 9.05. The summed E-state index contributed by atoms with van der Waals surface area (Å²) in [6.07, 6.45) is -0.0349. The van der Waals surface area contributed by atoms with Gasteiger partial charge in [0.25, 0.3) is 0 Å². The van der Waals surface area contributed by atoms with Crippen LogP contribution in [0.15, 0.2) is 22.7 Å². The molecule has 0 amide bonds. The Balaban J connectivity index is 2.30. The standard InChI is InChI=1S/C10H8BrClN4O2/c11-7-5-6(1-2-8(7)12)10-13-14-15-16(10)4-3-9(17)18/h1-2,5H,3-4H2,(H,17,18). The highest BCUT2D eigenvalue weighted by molar-refractivity contribution is 9.10. The third kappa shape index (κ3) is 2.85. The number of nitrogens with zero attached hydrogens (tertiary/aromatic N) is 4. The fourth-order valence-electron chi connectivity index (χ4n) is 1.40. The van der Waals surface area contributed by atoms with Gasteiger partial charge in [-0.25, -0.2) is 4.68 Å². The molecule has 0 radical (unpaired) electrons. The molecule has 0 unspecified atom stereocenters. The van der Waals surface area contributed by atoms with Crippen LogP contribution in [0, 0.1) is 0 Å². The molecule has 18 heavy (non-hydrogen) atoms. The van der Waals surface area contributed by atoms with Crippen molar-refractivity contribution in [3.05, 3.63) is 27.7 Å². The molecule has 94 valence electrons. The number of carbonyl (C=O) groups is 1. The van der Waals surface area contributed by atoms with Gasteiger partial charge in [0.05, 0.1) is 18.0 Å². The number of hydrogen-bond acceptors (Lipinski definition) is 4. The monoisotopic (exact) mass is 330 g/mol. The van der Waals surface area contributed by atoms with E-state index in [-0.39, 0.29) is 13.0 Å². The molecule has 1 heterocycles. The fraction of sp³-hybridized carbons (Fsp3) is 0.200. The van der Waals surface area contributed by atoms with Gasteiger partial charge >= 0.3 is 5.97 Å². The first-order valence-electron chi connectivity index (χ1n) is 5.01. The van der Waals surface area contributed by atoms with Crippen LogP contribution in [0.4, 0.5) is 0 Å². The molecule has 0 bridgehead atoms. The first-order valence-corrected chi connectivity index (χ1v) is 6.18. The van der Waals surface area contributed by atoms with Crippen molar-refractivity contribution in [2.75, 3.05) is 0 Å². The summed E-state index contributed by atoms with van der Waals surface area (Å²) in [5.74, 6) is -0.387. The molecule has 0 saturated carbocycles. The Morgan fingerprint density at radius 1 is 1.50 bits per heavy atom. The second-order valence-corrected chi connectivity index (χ2v) is 4.76. The van der Waals surface area contributed by atoms with Crippen molar-refractivity contribution in [2.45, 2.75) is 13.0 Å². The molecule has 1 N–H and O–H groups in total. The number of aryl methyl sites for hydroxylation is 1. The van der Waals surface area contributed by atoms with Crippen LogP contribution >= 0.6 is 27.5 Å². The lowest BCUT2D eigenvalue weighted by molar-refractivity contribution is -0.137. The Hall–Kier alpha value is -1.47. The van der Waals surface area contributed by atoms with E-state index in [4.69, 9.17) is 16.7 Å². The van der Waals surface area contributed by atoms with E-state index in [1.54, 1.807) is 18.2 Å². The van der Waals surface area contributed by atoms with Gasteiger partial charge in [-0.15, -0.1) is 5.10 Å². The molecule has 1 aromatic carbocycles. The van der Waals surface area contributed by atoms with E-state index < -0.39 is 5.97 Å². The van der Waals surface area contributed by atoms with Gasteiger partial charge in [-0.05, 0) is 44.6 Å². The van der Waals surface area contributed by atoms with E-state index in [9.17, 15) is 4.79 Å². The van der Waals surface area contributed by atoms with Crippen molar-refractivity contribution >= 4 is 33.5 Å². The largest absolute Gasteiger partial charge is 0.481 e. The molecule has 0 atom stereocenters. The van der Waals surface area contributed by atoms with E-state index in [1.165, 1.54) is 4.68 Å². The number of carboxylic acids is 1. The number of hydrogen-bond donors (Lipinski definition) is 1. The zero-order valence-corrected chi connectivity index (χ0v) is 11.4. The van der Waals surface area contributed by atoms with E-state index in [2.05, 4.69) is 31.5 Å². The van der Waals surface area contributed by atoms with Crippen LogP contribution in [-0.4, -0.2) is 31.3 Å². The molecule has 1 aromatic heterocycles. The highest BCUT2D eigenvalue weighted by Crippen LogP contribution is 2.27. The molecular formula is C10H8BrClN4O2. The Kier molecular flexibility index (Phi) is 3.93. The van der Waals surface area contributed by atoms with E-state index in [0.29, 0.717) is 10.8 Å². The number of carboxylic acid groups (broad SMARTS) is 1. The van der Waals surface area contributed by atoms with Crippen LogP contribution in [0.1, 0.15) is 6.42 Å². The van der Waals surface area contributed by atoms with Crippen molar-refractivity contribution in [2.24, 2.45) is 0 Å². The third-order valence-corrected chi connectivity index (χ3v) is 3.46. The molecule has 2 aromatic rings. The van der Waals surface area contributed by atoms with Gasteiger partial charge in [-0.2, -0.15) is 0 Å². The zero-order chi connectivity index (χ0) is 13.1. The summed E-state index contributed by atoms with van der Waals surface area (Å²) in [4.78, 5) is 10.5. The number of tetrazole rings is 1. The molecule has 6 nitrogen and oxygen atoms in total. The lowest BCUT2D eigenvalue weighted by Crippen LogP contribution is -2.07. The quantitative estimate of drug-likeness (QED) is 0.929. The van der Waals surface area contributed by atoms with Crippen molar-refractivity contribution in [3.8, 4) is 11.4 Å². The Morgan fingerprint density at radius 2 is 2.28 bits per heavy atom. The van der Waals surface area contributed by atoms with Gasteiger partial charge < -0.3 is 5.11 Å². The smallest absolute Gasteiger partial charge is 0.305 e. The van der Waals surface area contributed by atoms with Gasteiger partial charge in [-0.1, -0.05) is 11.6 Å². The van der Waals surface area contributed by atoms with Gasteiger partial charge in [0.15, 0.2) is 5.82 Å². The molecule has 0 aliphatic heterocycles. The Bertz CT molecular complexity index is 587. The average molecular weight is 332 g/mol. The van der Waals surface area contributed by atoms with Crippen molar-refractivity contribution in [1.82, 2.24) is 20.2 Å². The molecule has 0 spiro atoms. The summed E-state index contributed by atoms with van der Waals surface area (Å²) in [5, 5.41) is 20.4. The van der Waals surface area contributed by atoms with Crippen LogP contribution in [0.2, 0.25) is 5.02 Å². The number of halogens is 2. The molecule has 0 saturated heterocycles. The highest BCUT2D eigenvalue weighted by Gasteiger charge is 2.11. The molecule has 2 rings (SSSR count). The van der Waals surface area contributed by atoms with Crippen molar-refractivity contribution < 1.29 is 9.90 Å². The van der Waals surface area contributed by atoms with Crippen LogP contribution in [-0.2, 0) is 11.3 Å². The summed E-state index contributed by atoms with van der Waals surface area (Å²) in [6, 6.07) is 5.28. The van der Waals surface area contributed by atoms with Gasteiger partial charge in [0.1, 0.15) is 0 Å². The van der Waals surface area contributed by atoms with Gasteiger partial charge in [-0.3, -0.25) is 4.79 Å². The van der Waals surface area contributed by atoms with Crippen LogP contribution in [0.5, 0.6) is 0 Å². The third-order valence-electron chi connectivity index (χ3n) is 2.25. The topological polar surface area (TPSA) is 80.9 Å². The summed E-state index contributed by atoms with van der Waals surface area (Å²) in [7, 11) is 0. The normalized spacial score (nSPS) is 10.6. The number of benzene rings is 1. The molecule has 0 aliphatic carbocycles. The predicted octanol–water partition coefficient (Wildman–Crippen LogP) is 2.23. The molecule has 0 fully saturated rings. The number of aliphatic carboxylic acids is 1. The molecular weight excluding hydrogens is 323 g/mol. The summed E-state index contributed by atoms with van der Waals surface area (Å²) < 4.78 is 2.18. The second kappa shape index (κ2) is 5.45. The Morgan fingerprint density at radius 3 is 2.94 bits per heavy atom. The summed E-state index contributed by atoms with van der Waals surface area (Å²) in [5.41, 5.74) is 0.765. The van der Waals surface area contributed by atoms with Crippen molar-refractivity contribution in [1.29, 1.82) is 0 Å². The average Bonchev–Trinajstić information content (AvgIpc) is 2.78. The maximum Gasteiger partial charge on any atom is 0.305 e. The van der Waals surface area contributed by atoms with Gasteiger partial charge in [0.2, 0.25) is 0 Å². The van der Waals surface area contributed by atoms with Crippen LogP contribution in [0.3, 0.4) is 0 Å². The summed E-state index contributed by atoms with van der Waals surface area (Å²) >= 11 is 9.22. The minimum atomic E-state index is -0.895. The van der Waals surface area contributed by atoms with E-state index in [1.807, 2.05) is 0 Å². The minimum Gasteiger partial charge on any atom is -0.481 e. The lowest BCUT2D eigenvalue weighted by Gasteiger charge is -2.04. The van der Waals surface area contributed by atoms with Crippen molar-refractivity contribution in [3.63, 3.8) is 0 Å². The second-order valence-electron chi connectivity index (χ2n) is 3.50. The van der Waals surface area contributed by atoms with Crippen LogP contribution in [0.25, 0.3) is 11.4 Å². The predicted molar refractivity (Wildman–Crippen MR) is 68.2 cm³/mol. The lowest BCUT2D eigenvalue weighted by atomic mass is 10.2. The fourth-order valence-corrected chi connectivity index (χ4v) is 1.90. The maximum atomic E-state index is 10.5. The molecule has 0 aliphatic rings. The summed E-state index contributed by atoms with van der Waals surface area (Å²) in [6.45, 7) is 0.220. The maximum absolute atomic E-state index is 10.5.